The number of carbonyl (C=O) groups excluding carboxylic acids is 3. The third kappa shape index (κ3) is 2.13. The van der Waals surface area contributed by atoms with E-state index in [4.69, 9.17) is 0 Å². The van der Waals surface area contributed by atoms with Crippen LogP contribution in [0.4, 0.5) is 4.79 Å². The quantitative estimate of drug-likeness (QED) is 0.800. The van der Waals surface area contributed by atoms with Crippen molar-refractivity contribution in [1.82, 2.24) is 10.2 Å². The number of hydrogen-bond donors (Lipinski definition) is 1. The normalized spacial score (nSPS) is 37.0. The Labute approximate surface area is 119 Å². The molecule has 0 aromatic carbocycles. The summed E-state index contributed by atoms with van der Waals surface area (Å²) in [4.78, 5) is 37.5. The molecule has 4 atom stereocenters. The van der Waals surface area contributed by atoms with Crippen molar-refractivity contribution in [2.24, 2.45) is 29.6 Å². The van der Waals surface area contributed by atoms with Gasteiger partial charge in [0.15, 0.2) is 0 Å². The maximum absolute atomic E-state index is 12.4. The highest BCUT2D eigenvalue weighted by atomic mass is 16.2. The molecule has 0 aromatic rings. The lowest BCUT2D eigenvalue weighted by Gasteiger charge is -2.35. The van der Waals surface area contributed by atoms with Crippen molar-refractivity contribution in [3.63, 3.8) is 0 Å². The van der Waals surface area contributed by atoms with Crippen LogP contribution in [-0.2, 0) is 9.59 Å². The Balaban J connectivity index is 1.73. The fourth-order valence-electron chi connectivity index (χ4n) is 4.23. The predicted molar refractivity (Wildman–Crippen MR) is 72.5 cm³/mol. The van der Waals surface area contributed by atoms with E-state index in [-0.39, 0.29) is 11.8 Å². The summed E-state index contributed by atoms with van der Waals surface area (Å²) in [6, 6.07) is -0.528. The molecule has 2 aliphatic carbocycles. The van der Waals surface area contributed by atoms with Gasteiger partial charge in [-0.1, -0.05) is 20.3 Å². The molecule has 1 aliphatic heterocycles. The molecule has 0 aromatic heterocycles. The van der Waals surface area contributed by atoms with Crippen LogP contribution in [0.2, 0.25) is 0 Å². The minimum absolute atomic E-state index is 0.0851. The lowest BCUT2D eigenvalue weighted by Crippen LogP contribution is -2.60. The van der Waals surface area contributed by atoms with Crippen LogP contribution in [0.5, 0.6) is 0 Å². The van der Waals surface area contributed by atoms with E-state index >= 15 is 0 Å². The van der Waals surface area contributed by atoms with Crippen molar-refractivity contribution in [3.05, 3.63) is 0 Å². The van der Waals surface area contributed by atoms with Crippen molar-refractivity contribution < 1.29 is 14.4 Å². The first-order valence-electron chi connectivity index (χ1n) is 7.63. The number of rotatable bonds is 3. The highest BCUT2D eigenvalue weighted by Crippen LogP contribution is 2.48. The second-order valence-corrected chi connectivity index (χ2v) is 6.90. The largest absolute Gasteiger partial charge is 0.330 e. The summed E-state index contributed by atoms with van der Waals surface area (Å²) >= 11 is 0. The van der Waals surface area contributed by atoms with E-state index < -0.39 is 17.9 Å². The zero-order valence-corrected chi connectivity index (χ0v) is 12.1. The molecule has 2 saturated carbocycles. The number of imide groups is 2. The van der Waals surface area contributed by atoms with Crippen LogP contribution >= 0.6 is 0 Å². The Kier molecular flexibility index (Phi) is 3.30. The number of barbiturate groups is 1. The van der Waals surface area contributed by atoms with E-state index in [0.717, 1.165) is 12.3 Å². The minimum Gasteiger partial charge on any atom is -0.277 e. The van der Waals surface area contributed by atoms with Crippen molar-refractivity contribution in [2.45, 2.75) is 39.5 Å². The first-order chi connectivity index (χ1) is 9.47. The Bertz CT molecular complexity index is 460. The van der Waals surface area contributed by atoms with Crippen LogP contribution in [0.3, 0.4) is 0 Å². The molecule has 1 heterocycles. The molecule has 4 amide bonds. The minimum atomic E-state index is -0.716. The molecule has 20 heavy (non-hydrogen) atoms. The van der Waals surface area contributed by atoms with Crippen LogP contribution in [0, 0.1) is 29.6 Å². The third-order valence-electron chi connectivity index (χ3n) is 5.26. The van der Waals surface area contributed by atoms with Gasteiger partial charge in [-0.15, -0.1) is 0 Å². The van der Waals surface area contributed by atoms with Gasteiger partial charge >= 0.3 is 6.03 Å². The summed E-state index contributed by atoms with van der Waals surface area (Å²) in [5.41, 5.74) is 0. The van der Waals surface area contributed by atoms with Gasteiger partial charge in [-0.2, -0.15) is 0 Å². The van der Waals surface area contributed by atoms with Gasteiger partial charge in [0.05, 0.1) is 0 Å². The predicted octanol–water partition coefficient (Wildman–Crippen LogP) is 1.77. The molecule has 3 rings (SSSR count). The van der Waals surface area contributed by atoms with E-state index in [1.54, 1.807) is 0 Å². The first-order valence-corrected chi connectivity index (χ1v) is 7.63. The number of carbonyl (C=O) groups is 3. The van der Waals surface area contributed by atoms with Crippen molar-refractivity contribution in [1.29, 1.82) is 0 Å². The molecular formula is C15H22N2O3. The van der Waals surface area contributed by atoms with Crippen molar-refractivity contribution in [2.75, 3.05) is 6.54 Å². The van der Waals surface area contributed by atoms with Gasteiger partial charge in [0.25, 0.3) is 0 Å². The SMILES string of the molecule is CC(C)C1C(=O)NC(=O)N(CC2CC3CCC2C3)C1=O. The molecule has 3 fully saturated rings. The lowest BCUT2D eigenvalue weighted by atomic mass is 9.87. The van der Waals surface area contributed by atoms with Gasteiger partial charge in [0.2, 0.25) is 11.8 Å². The summed E-state index contributed by atoms with van der Waals surface area (Å²) in [6.45, 7) is 4.17. The molecule has 1 saturated heterocycles. The molecule has 3 aliphatic rings. The van der Waals surface area contributed by atoms with E-state index in [1.165, 1.54) is 24.2 Å². The van der Waals surface area contributed by atoms with Crippen LogP contribution < -0.4 is 5.32 Å². The van der Waals surface area contributed by atoms with Crippen LogP contribution in [0.25, 0.3) is 0 Å². The number of urea groups is 1. The van der Waals surface area contributed by atoms with Gasteiger partial charge in [-0.3, -0.25) is 19.8 Å². The van der Waals surface area contributed by atoms with E-state index in [9.17, 15) is 14.4 Å². The van der Waals surface area contributed by atoms with Gasteiger partial charge in [-0.25, -0.2) is 4.79 Å². The number of amides is 4. The number of hydrogen-bond acceptors (Lipinski definition) is 3. The van der Waals surface area contributed by atoms with Gasteiger partial charge in [0, 0.05) is 6.54 Å². The standard InChI is InChI=1S/C15H22N2O3/c1-8(2)12-13(18)16-15(20)17(14(12)19)7-11-6-9-3-4-10(11)5-9/h8-12H,3-7H2,1-2H3,(H,16,18,20). The summed E-state index contributed by atoms with van der Waals surface area (Å²) < 4.78 is 0. The molecule has 110 valence electrons. The second-order valence-electron chi connectivity index (χ2n) is 6.90. The van der Waals surface area contributed by atoms with E-state index in [2.05, 4.69) is 5.32 Å². The molecule has 0 radical (unpaired) electrons. The van der Waals surface area contributed by atoms with Crippen LogP contribution in [-0.4, -0.2) is 29.3 Å². The third-order valence-corrected chi connectivity index (χ3v) is 5.26. The summed E-state index contributed by atoms with van der Waals surface area (Å²) in [6.07, 6.45) is 4.91. The molecular weight excluding hydrogens is 256 g/mol. The average molecular weight is 278 g/mol. The summed E-state index contributed by atoms with van der Waals surface area (Å²) in [5.74, 6) is 0.329. The summed E-state index contributed by atoms with van der Waals surface area (Å²) in [5, 5.41) is 2.34. The number of fused-ring (bicyclic) bond motifs is 2. The maximum atomic E-state index is 12.4. The van der Waals surface area contributed by atoms with Gasteiger partial charge in [-0.05, 0) is 42.9 Å². The second kappa shape index (κ2) is 4.86. The van der Waals surface area contributed by atoms with Crippen molar-refractivity contribution in [3.8, 4) is 0 Å². The molecule has 5 heteroatoms. The Hall–Kier alpha value is -1.39. The Morgan fingerprint density at radius 3 is 2.50 bits per heavy atom. The Morgan fingerprint density at radius 1 is 1.20 bits per heavy atom. The fraction of sp³-hybridized carbons (Fsp3) is 0.800. The first kappa shape index (κ1) is 13.6. The molecule has 0 spiro atoms. The lowest BCUT2D eigenvalue weighted by molar-refractivity contribution is -0.145. The van der Waals surface area contributed by atoms with Crippen LogP contribution in [0.1, 0.15) is 39.5 Å². The Morgan fingerprint density at radius 2 is 1.95 bits per heavy atom. The summed E-state index contributed by atoms with van der Waals surface area (Å²) in [7, 11) is 0. The average Bonchev–Trinajstić information content (AvgIpc) is 2.95. The van der Waals surface area contributed by atoms with Gasteiger partial charge in [0.1, 0.15) is 5.92 Å². The van der Waals surface area contributed by atoms with Crippen LogP contribution in [0.15, 0.2) is 0 Å². The van der Waals surface area contributed by atoms with Gasteiger partial charge < -0.3 is 0 Å². The number of nitrogens with zero attached hydrogens (tertiary/aromatic N) is 1. The van der Waals surface area contributed by atoms with Crippen molar-refractivity contribution >= 4 is 17.8 Å². The monoisotopic (exact) mass is 278 g/mol. The molecule has 5 nitrogen and oxygen atoms in total. The zero-order chi connectivity index (χ0) is 14.4. The maximum Gasteiger partial charge on any atom is 0.330 e. The van der Waals surface area contributed by atoms with E-state index in [0.29, 0.717) is 18.4 Å². The van der Waals surface area contributed by atoms with E-state index in [1.807, 2.05) is 13.8 Å². The fourth-order valence-corrected chi connectivity index (χ4v) is 4.23. The molecule has 2 bridgehead atoms. The highest BCUT2D eigenvalue weighted by molar-refractivity contribution is 6.16. The molecule has 4 unspecified atom stereocenters. The molecule has 1 N–H and O–H groups in total. The highest BCUT2D eigenvalue weighted by Gasteiger charge is 2.46. The number of nitrogens with one attached hydrogen (secondary N) is 1. The topological polar surface area (TPSA) is 66.5 Å². The smallest absolute Gasteiger partial charge is 0.277 e. The zero-order valence-electron chi connectivity index (χ0n) is 12.1.